The molecule has 0 radical (unpaired) electrons. The number of benzene rings is 1. The highest BCUT2D eigenvalue weighted by Crippen LogP contribution is 2.35. The Bertz CT molecular complexity index is 537. The Labute approximate surface area is 131 Å². The first kappa shape index (κ1) is 15.8. The summed E-state index contributed by atoms with van der Waals surface area (Å²) in [7, 11) is 0. The van der Waals surface area contributed by atoms with Gasteiger partial charge in [0.1, 0.15) is 0 Å². The Morgan fingerprint density at radius 2 is 2.00 bits per heavy atom. The molecule has 0 aromatic heterocycles. The van der Waals surface area contributed by atoms with Gasteiger partial charge in [-0.2, -0.15) is 5.10 Å². The third kappa shape index (κ3) is 4.46. The molecule has 0 bridgehead atoms. The molecule has 0 aliphatic heterocycles. The molecule has 0 spiro atoms. The van der Waals surface area contributed by atoms with Crippen molar-refractivity contribution in [1.82, 2.24) is 5.43 Å². The van der Waals surface area contributed by atoms with Gasteiger partial charge in [0.05, 0.1) is 0 Å². The Morgan fingerprint density at radius 1 is 1.33 bits per heavy atom. The number of urea groups is 1. The summed E-state index contributed by atoms with van der Waals surface area (Å²) in [6, 6.07) is 6.63. The van der Waals surface area contributed by atoms with Crippen LogP contribution in [0.25, 0.3) is 0 Å². The number of nitrogens with one attached hydrogen (secondary N) is 2. The van der Waals surface area contributed by atoms with Gasteiger partial charge >= 0.3 is 6.03 Å². The number of carbonyl (C=O) groups excluding carboxylic acids is 1. The van der Waals surface area contributed by atoms with E-state index in [4.69, 9.17) is 11.6 Å². The number of hydrogen-bond acceptors (Lipinski definition) is 2. The lowest BCUT2D eigenvalue weighted by Crippen LogP contribution is -2.35. The van der Waals surface area contributed by atoms with E-state index in [2.05, 4.69) is 36.6 Å². The average molecular weight is 308 g/mol. The van der Waals surface area contributed by atoms with Gasteiger partial charge in [0.2, 0.25) is 0 Å². The molecule has 1 aliphatic rings. The van der Waals surface area contributed by atoms with Gasteiger partial charge in [0.15, 0.2) is 0 Å². The molecular weight excluding hydrogens is 286 g/mol. The van der Waals surface area contributed by atoms with Gasteiger partial charge in [-0.1, -0.05) is 32.4 Å². The van der Waals surface area contributed by atoms with Crippen LogP contribution in [0.15, 0.2) is 29.4 Å². The zero-order valence-corrected chi connectivity index (χ0v) is 13.5. The largest absolute Gasteiger partial charge is 0.339 e. The summed E-state index contributed by atoms with van der Waals surface area (Å²) in [5.74, 6) is 0.623. The van der Waals surface area contributed by atoms with Crippen LogP contribution in [0.3, 0.4) is 0 Å². The Morgan fingerprint density at radius 3 is 2.67 bits per heavy atom. The number of amides is 2. The Balaban J connectivity index is 1.95. The molecule has 2 amide bonds. The van der Waals surface area contributed by atoms with Gasteiger partial charge in [0.25, 0.3) is 0 Å². The highest BCUT2D eigenvalue weighted by Gasteiger charge is 2.31. The maximum absolute atomic E-state index is 11.9. The third-order valence-electron chi connectivity index (χ3n) is 3.98. The number of rotatable bonds is 2. The number of hydrogen-bond donors (Lipinski definition) is 2. The van der Waals surface area contributed by atoms with Crippen molar-refractivity contribution in [2.45, 2.75) is 40.0 Å². The number of hydrazone groups is 1. The van der Waals surface area contributed by atoms with Crippen molar-refractivity contribution in [1.29, 1.82) is 0 Å². The quantitative estimate of drug-likeness (QED) is 0.767. The smallest absolute Gasteiger partial charge is 0.307 e. The summed E-state index contributed by atoms with van der Waals surface area (Å²) in [6.07, 6.45) is 3.25. The monoisotopic (exact) mass is 307 g/mol. The van der Waals surface area contributed by atoms with Crippen molar-refractivity contribution >= 4 is 29.0 Å². The van der Waals surface area contributed by atoms with Crippen LogP contribution in [-0.2, 0) is 0 Å². The normalized spacial score (nSPS) is 22.9. The van der Waals surface area contributed by atoms with Gasteiger partial charge in [0, 0.05) is 21.8 Å². The van der Waals surface area contributed by atoms with Crippen LogP contribution in [0.1, 0.15) is 40.0 Å². The van der Waals surface area contributed by atoms with Crippen LogP contribution in [0.5, 0.6) is 0 Å². The molecule has 114 valence electrons. The number of anilines is 1. The van der Waals surface area contributed by atoms with E-state index in [1.54, 1.807) is 24.3 Å². The number of carbonyl (C=O) groups is 1. The molecule has 1 atom stereocenters. The van der Waals surface area contributed by atoms with E-state index in [1.807, 2.05) is 0 Å². The molecule has 1 unspecified atom stereocenters. The van der Waals surface area contributed by atoms with Gasteiger partial charge in [-0.05, 0) is 49.4 Å². The fourth-order valence-electron chi connectivity index (χ4n) is 2.47. The highest BCUT2D eigenvalue weighted by molar-refractivity contribution is 6.30. The lowest BCUT2D eigenvalue weighted by molar-refractivity contribution is 0.252. The van der Waals surface area contributed by atoms with Crippen LogP contribution < -0.4 is 10.7 Å². The first-order valence-electron chi connectivity index (χ1n) is 7.26. The van der Waals surface area contributed by atoms with Gasteiger partial charge in [-0.25, -0.2) is 10.2 Å². The minimum Gasteiger partial charge on any atom is -0.307 e. The summed E-state index contributed by atoms with van der Waals surface area (Å²) in [5.41, 5.74) is 4.40. The summed E-state index contributed by atoms with van der Waals surface area (Å²) >= 11 is 5.81. The van der Waals surface area contributed by atoms with E-state index in [0.717, 1.165) is 18.6 Å². The summed E-state index contributed by atoms with van der Waals surface area (Å²) < 4.78 is 0. The fraction of sp³-hybridized carbons (Fsp3) is 0.500. The molecule has 4 nitrogen and oxygen atoms in total. The first-order chi connectivity index (χ1) is 9.87. The molecule has 1 aliphatic carbocycles. The van der Waals surface area contributed by atoms with Crippen molar-refractivity contribution in [2.75, 3.05) is 5.32 Å². The van der Waals surface area contributed by atoms with Crippen LogP contribution in [-0.4, -0.2) is 11.7 Å². The molecule has 2 rings (SSSR count). The van der Waals surface area contributed by atoms with E-state index >= 15 is 0 Å². The second-order valence-corrected chi connectivity index (χ2v) is 6.80. The van der Waals surface area contributed by atoms with Crippen molar-refractivity contribution in [2.24, 2.45) is 16.4 Å². The zero-order valence-electron chi connectivity index (χ0n) is 12.7. The summed E-state index contributed by atoms with van der Waals surface area (Å²) in [4.78, 5) is 11.9. The Kier molecular flexibility index (Phi) is 4.88. The second kappa shape index (κ2) is 6.48. The molecule has 0 heterocycles. The standard InChI is InChI=1S/C16H22ClN3O/c1-11-8-9-16(2,3)14(10-11)19-20-15(21)18-13-6-4-12(17)5-7-13/h4-7,11H,8-10H2,1-3H3,(H2,18,20,21). The van der Waals surface area contributed by atoms with Crippen molar-refractivity contribution in [3.05, 3.63) is 29.3 Å². The molecule has 0 saturated heterocycles. The zero-order chi connectivity index (χ0) is 15.5. The average Bonchev–Trinajstić information content (AvgIpc) is 2.42. The maximum Gasteiger partial charge on any atom is 0.339 e. The Hall–Kier alpha value is -1.55. The van der Waals surface area contributed by atoms with Crippen LogP contribution in [0.2, 0.25) is 5.02 Å². The van der Waals surface area contributed by atoms with E-state index in [9.17, 15) is 4.79 Å². The highest BCUT2D eigenvalue weighted by atomic mass is 35.5. The van der Waals surface area contributed by atoms with Crippen molar-refractivity contribution in [3.8, 4) is 0 Å². The lowest BCUT2D eigenvalue weighted by atomic mass is 9.72. The molecular formula is C16H22ClN3O. The summed E-state index contributed by atoms with van der Waals surface area (Å²) in [6.45, 7) is 6.57. The minimum absolute atomic E-state index is 0.0556. The van der Waals surface area contributed by atoms with Crippen molar-refractivity contribution < 1.29 is 4.79 Å². The number of nitrogens with zero attached hydrogens (tertiary/aromatic N) is 1. The molecule has 1 saturated carbocycles. The number of halogens is 1. The lowest BCUT2D eigenvalue weighted by Gasteiger charge is -2.34. The topological polar surface area (TPSA) is 53.5 Å². The van der Waals surface area contributed by atoms with E-state index in [1.165, 1.54) is 6.42 Å². The maximum atomic E-state index is 11.9. The predicted molar refractivity (Wildman–Crippen MR) is 87.8 cm³/mol. The first-order valence-corrected chi connectivity index (χ1v) is 7.64. The minimum atomic E-state index is -0.334. The molecule has 1 aromatic carbocycles. The van der Waals surface area contributed by atoms with Gasteiger partial charge < -0.3 is 5.32 Å². The van der Waals surface area contributed by atoms with E-state index in [-0.39, 0.29) is 11.4 Å². The van der Waals surface area contributed by atoms with Crippen LogP contribution in [0.4, 0.5) is 10.5 Å². The summed E-state index contributed by atoms with van der Waals surface area (Å²) in [5, 5.41) is 7.70. The van der Waals surface area contributed by atoms with Crippen LogP contribution >= 0.6 is 11.6 Å². The SMILES string of the molecule is CC1CCC(C)(C)C(=NNC(=O)Nc2ccc(Cl)cc2)C1. The third-order valence-corrected chi connectivity index (χ3v) is 4.23. The predicted octanol–water partition coefficient (Wildman–Crippen LogP) is 4.66. The van der Waals surface area contributed by atoms with Gasteiger partial charge in [-0.3, -0.25) is 0 Å². The molecule has 2 N–H and O–H groups in total. The molecule has 5 heteroatoms. The van der Waals surface area contributed by atoms with Gasteiger partial charge in [-0.15, -0.1) is 0 Å². The molecule has 1 fully saturated rings. The van der Waals surface area contributed by atoms with E-state index < -0.39 is 0 Å². The van der Waals surface area contributed by atoms with Crippen LogP contribution in [0, 0.1) is 11.3 Å². The van der Waals surface area contributed by atoms with E-state index in [0.29, 0.717) is 16.6 Å². The molecule has 1 aromatic rings. The van der Waals surface area contributed by atoms with Crippen molar-refractivity contribution in [3.63, 3.8) is 0 Å². The second-order valence-electron chi connectivity index (χ2n) is 6.36. The fourth-order valence-corrected chi connectivity index (χ4v) is 2.59. The molecule has 21 heavy (non-hydrogen) atoms.